The van der Waals surface area contributed by atoms with E-state index in [0.29, 0.717) is 17.9 Å². The predicted molar refractivity (Wildman–Crippen MR) is 67.6 cm³/mol. The van der Waals surface area contributed by atoms with Crippen LogP contribution in [0.5, 0.6) is 0 Å². The zero-order chi connectivity index (χ0) is 13.6. The van der Waals surface area contributed by atoms with Crippen LogP contribution in [0.15, 0.2) is 24.3 Å². The summed E-state index contributed by atoms with van der Waals surface area (Å²) in [4.78, 5) is 0. The van der Waals surface area contributed by atoms with Gasteiger partial charge in [0.1, 0.15) is 0 Å². The van der Waals surface area contributed by atoms with E-state index in [1.165, 1.54) is 12.1 Å². The largest absolute Gasteiger partial charge is 0.416 e. The third-order valence-corrected chi connectivity index (χ3v) is 3.05. The predicted octanol–water partition coefficient (Wildman–Crippen LogP) is 3.95. The average Bonchev–Trinajstić information content (AvgIpc) is 2.33. The Morgan fingerprint density at radius 2 is 2.11 bits per heavy atom. The molecule has 2 nitrogen and oxygen atoms in total. The van der Waals surface area contributed by atoms with Crippen LogP contribution in [0.1, 0.15) is 30.5 Å². The second kappa shape index (κ2) is 7.01. The van der Waals surface area contributed by atoms with Gasteiger partial charge in [0.25, 0.3) is 0 Å². The number of alkyl halides is 3. The molecule has 0 saturated heterocycles. The Balaban J connectivity index is 2.60. The molecule has 18 heavy (non-hydrogen) atoms. The maximum atomic E-state index is 12.5. The summed E-state index contributed by atoms with van der Waals surface area (Å²) in [5, 5.41) is 3.12. The Bertz CT molecular complexity index is 371. The van der Waals surface area contributed by atoms with Gasteiger partial charge in [-0.1, -0.05) is 12.1 Å². The van der Waals surface area contributed by atoms with Crippen LogP contribution in [-0.2, 0) is 6.18 Å². The van der Waals surface area contributed by atoms with Gasteiger partial charge in [0, 0.05) is 11.8 Å². The summed E-state index contributed by atoms with van der Waals surface area (Å²) in [6.07, 6.45) is -3.53. The number of rotatable bonds is 6. The van der Waals surface area contributed by atoms with Crippen molar-refractivity contribution in [3.05, 3.63) is 35.4 Å². The van der Waals surface area contributed by atoms with E-state index in [1.807, 2.05) is 6.92 Å². The van der Waals surface area contributed by atoms with Gasteiger partial charge in [0.2, 0.25) is 0 Å². The first kappa shape index (κ1) is 15.3. The van der Waals surface area contributed by atoms with Crippen LogP contribution in [0.25, 0.3) is 0 Å². The first-order valence-corrected chi connectivity index (χ1v) is 6.56. The van der Waals surface area contributed by atoms with E-state index in [1.54, 1.807) is 6.07 Å². The fourth-order valence-electron chi connectivity index (χ4n) is 1.56. The Morgan fingerprint density at radius 1 is 1.39 bits per heavy atom. The highest BCUT2D eigenvalue weighted by atomic mass is 32.2. The minimum atomic E-state index is -4.30. The molecule has 1 aromatic carbocycles. The SMILES string of the molecule is CC(NCCCSO)c1cccc(C(F)(F)F)c1. The standard InChI is InChI=1S/C12H16F3NOS/c1-9(16-6-3-7-18-17)10-4-2-5-11(8-10)12(13,14)15/h2,4-5,8-9,16-17H,3,6-7H2,1H3. The van der Waals surface area contributed by atoms with Gasteiger partial charge in [-0.15, -0.1) is 0 Å². The molecule has 0 heterocycles. The number of hydrogen-bond acceptors (Lipinski definition) is 3. The molecular formula is C12H16F3NOS. The molecule has 0 aliphatic carbocycles. The van der Waals surface area contributed by atoms with E-state index in [-0.39, 0.29) is 6.04 Å². The molecule has 1 rings (SSSR count). The van der Waals surface area contributed by atoms with Gasteiger partial charge in [-0.05, 0) is 49.6 Å². The molecule has 0 amide bonds. The molecule has 0 spiro atoms. The van der Waals surface area contributed by atoms with Crippen LogP contribution in [-0.4, -0.2) is 16.9 Å². The van der Waals surface area contributed by atoms with Crippen molar-refractivity contribution in [2.24, 2.45) is 0 Å². The lowest BCUT2D eigenvalue weighted by molar-refractivity contribution is -0.137. The summed E-state index contributed by atoms with van der Waals surface area (Å²) < 4.78 is 46.1. The lowest BCUT2D eigenvalue weighted by atomic mass is 10.0. The van der Waals surface area contributed by atoms with Gasteiger partial charge in [0.15, 0.2) is 0 Å². The normalized spacial score (nSPS) is 13.6. The number of halogens is 3. The van der Waals surface area contributed by atoms with Crippen molar-refractivity contribution in [1.82, 2.24) is 5.32 Å². The van der Waals surface area contributed by atoms with Crippen molar-refractivity contribution in [3.63, 3.8) is 0 Å². The van der Waals surface area contributed by atoms with E-state index in [2.05, 4.69) is 5.32 Å². The maximum absolute atomic E-state index is 12.5. The zero-order valence-corrected chi connectivity index (χ0v) is 10.8. The fraction of sp³-hybridized carbons (Fsp3) is 0.500. The van der Waals surface area contributed by atoms with Gasteiger partial charge >= 0.3 is 6.18 Å². The number of benzene rings is 1. The summed E-state index contributed by atoms with van der Waals surface area (Å²) in [7, 11) is 0. The third kappa shape index (κ3) is 4.88. The summed E-state index contributed by atoms with van der Waals surface area (Å²) in [6.45, 7) is 2.48. The summed E-state index contributed by atoms with van der Waals surface area (Å²) >= 11 is 0.766. The van der Waals surface area contributed by atoms with Crippen LogP contribution in [0.2, 0.25) is 0 Å². The van der Waals surface area contributed by atoms with Gasteiger partial charge in [-0.2, -0.15) is 13.2 Å². The van der Waals surface area contributed by atoms with Crippen molar-refractivity contribution in [2.75, 3.05) is 12.3 Å². The molecule has 0 radical (unpaired) electrons. The smallest absolute Gasteiger partial charge is 0.330 e. The molecule has 0 fully saturated rings. The van der Waals surface area contributed by atoms with Gasteiger partial charge in [-0.25, -0.2) is 0 Å². The molecule has 1 atom stereocenters. The summed E-state index contributed by atoms with van der Waals surface area (Å²) in [6, 6.07) is 5.18. The van der Waals surface area contributed by atoms with E-state index < -0.39 is 11.7 Å². The molecule has 0 aromatic heterocycles. The second-order valence-electron chi connectivity index (χ2n) is 3.99. The molecular weight excluding hydrogens is 263 g/mol. The van der Waals surface area contributed by atoms with E-state index in [0.717, 1.165) is 24.5 Å². The topological polar surface area (TPSA) is 32.3 Å². The second-order valence-corrected chi connectivity index (χ2v) is 4.65. The number of hydrogen-bond donors (Lipinski definition) is 2. The maximum Gasteiger partial charge on any atom is 0.416 e. The van der Waals surface area contributed by atoms with E-state index >= 15 is 0 Å². The Morgan fingerprint density at radius 3 is 2.72 bits per heavy atom. The van der Waals surface area contributed by atoms with Crippen LogP contribution in [0.3, 0.4) is 0 Å². The molecule has 1 aromatic rings. The van der Waals surface area contributed by atoms with Crippen molar-refractivity contribution in [1.29, 1.82) is 0 Å². The molecule has 0 bridgehead atoms. The van der Waals surface area contributed by atoms with Gasteiger partial charge in [-0.3, -0.25) is 0 Å². The minimum absolute atomic E-state index is 0.143. The Hall–Kier alpha value is -0.720. The highest BCUT2D eigenvalue weighted by Gasteiger charge is 2.30. The molecule has 6 heteroatoms. The molecule has 0 saturated carbocycles. The third-order valence-electron chi connectivity index (χ3n) is 2.58. The van der Waals surface area contributed by atoms with Crippen LogP contribution in [0.4, 0.5) is 13.2 Å². The van der Waals surface area contributed by atoms with E-state index in [4.69, 9.17) is 4.55 Å². The molecule has 102 valence electrons. The molecule has 0 aliphatic rings. The first-order valence-electron chi connectivity index (χ1n) is 5.62. The monoisotopic (exact) mass is 279 g/mol. The zero-order valence-electron chi connectivity index (χ0n) is 10.00. The fourth-order valence-corrected chi connectivity index (χ4v) is 1.83. The highest BCUT2D eigenvalue weighted by molar-refractivity contribution is 7.93. The van der Waals surface area contributed by atoms with Crippen molar-refractivity contribution in [3.8, 4) is 0 Å². The van der Waals surface area contributed by atoms with Crippen LogP contribution in [0, 0.1) is 0 Å². The van der Waals surface area contributed by atoms with Crippen molar-refractivity contribution in [2.45, 2.75) is 25.6 Å². The van der Waals surface area contributed by atoms with Crippen LogP contribution >= 0.6 is 12.0 Å². The molecule has 1 unspecified atom stereocenters. The van der Waals surface area contributed by atoms with E-state index in [9.17, 15) is 13.2 Å². The Kier molecular flexibility index (Phi) is 5.98. The quantitative estimate of drug-likeness (QED) is 0.611. The molecule has 0 aliphatic heterocycles. The lowest BCUT2D eigenvalue weighted by Gasteiger charge is -2.16. The first-order chi connectivity index (χ1) is 8.45. The van der Waals surface area contributed by atoms with Crippen LogP contribution < -0.4 is 5.32 Å². The molecule has 2 N–H and O–H groups in total. The average molecular weight is 279 g/mol. The minimum Gasteiger partial charge on any atom is -0.330 e. The van der Waals surface area contributed by atoms with Gasteiger partial charge in [0.05, 0.1) is 5.56 Å². The van der Waals surface area contributed by atoms with Crippen molar-refractivity contribution >= 4 is 12.0 Å². The summed E-state index contributed by atoms with van der Waals surface area (Å²) in [5.74, 6) is 0.613. The van der Waals surface area contributed by atoms with Crippen molar-refractivity contribution < 1.29 is 17.7 Å². The van der Waals surface area contributed by atoms with Gasteiger partial charge < -0.3 is 9.87 Å². The Labute approximate surface area is 109 Å². The number of nitrogens with one attached hydrogen (secondary N) is 1. The highest BCUT2D eigenvalue weighted by Crippen LogP contribution is 2.30. The summed E-state index contributed by atoms with van der Waals surface area (Å²) in [5.41, 5.74) is -0.0129. The lowest BCUT2D eigenvalue weighted by Crippen LogP contribution is -2.20.